The smallest absolute Gasteiger partial charge is 0.224 e. The Hall–Kier alpha value is -1.17. The van der Waals surface area contributed by atoms with Crippen LogP contribution < -0.4 is 5.32 Å². The molecule has 190 valence electrons. The highest BCUT2D eigenvalue weighted by Gasteiger charge is 2.43. The molecular weight excluding hydrogens is 412 g/mol. The van der Waals surface area contributed by atoms with Crippen LogP contribution in [0.1, 0.15) is 86.5 Å². The second-order valence-corrected chi connectivity index (χ2v) is 11.1. The number of aliphatic hydroxyl groups is 2. The number of carbonyl (C=O) groups is 1. The SMILES string of the molecule is CCCC[C@H](C)C[C@H](O)C=C[C@@H]1[C@H]2CC(CNCCC(=O)N(C(C)C)C(C)C)=C[C@H]2C[C@H]1O. The topological polar surface area (TPSA) is 72.8 Å². The minimum absolute atomic E-state index is 0.122. The summed E-state index contributed by atoms with van der Waals surface area (Å²) in [6, 6.07) is 0.452. The van der Waals surface area contributed by atoms with Gasteiger partial charge in [-0.2, -0.15) is 0 Å². The largest absolute Gasteiger partial charge is 0.392 e. The first-order valence-corrected chi connectivity index (χ1v) is 13.4. The first kappa shape index (κ1) is 28.1. The van der Waals surface area contributed by atoms with E-state index in [2.05, 4.69) is 59.0 Å². The predicted molar refractivity (Wildman–Crippen MR) is 137 cm³/mol. The van der Waals surface area contributed by atoms with E-state index in [1.807, 2.05) is 11.0 Å². The Morgan fingerprint density at radius 3 is 2.58 bits per heavy atom. The summed E-state index contributed by atoms with van der Waals surface area (Å²) < 4.78 is 0. The molecule has 0 bridgehead atoms. The zero-order valence-electron chi connectivity index (χ0n) is 22.0. The van der Waals surface area contributed by atoms with Gasteiger partial charge in [0.15, 0.2) is 0 Å². The lowest BCUT2D eigenvalue weighted by molar-refractivity contribution is -0.134. The van der Waals surface area contributed by atoms with Crippen molar-refractivity contribution in [2.45, 2.75) is 111 Å². The molecule has 0 heterocycles. The molecule has 0 spiro atoms. The number of nitrogens with zero attached hydrogens (tertiary/aromatic N) is 1. The van der Waals surface area contributed by atoms with Gasteiger partial charge in [-0.25, -0.2) is 0 Å². The zero-order chi connectivity index (χ0) is 24.5. The van der Waals surface area contributed by atoms with E-state index in [4.69, 9.17) is 0 Å². The fourth-order valence-electron chi connectivity index (χ4n) is 5.90. The third-order valence-corrected chi connectivity index (χ3v) is 7.47. The average Bonchev–Trinajstić information content (AvgIpc) is 3.23. The average molecular weight is 463 g/mol. The van der Waals surface area contributed by atoms with Crippen molar-refractivity contribution < 1.29 is 15.0 Å². The molecule has 0 aliphatic heterocycles. The van der Waals surface area contributed by atoms with Gasteiger partial charge in [0.2, 0.25) is 5.91 Å². The van der Waals surface area contributed by atoms with Gasteiger partial charge >= 0.3 is 0 Å². The van der Waals surface area contributed by atoms with Crippen LogP contribution in [-0.2, 0) is 4.79 Å². The minimum atomic E-state index is -0.424. The van der Waals surface area contributed by atoms with Crippen LogP contribution in [0, 0.1) is 23.7 Å². The fourth-order valence-corrected chi connectivity index (χ4v) is 5.90. The monoisotopic (exact) mass is 462 g/mol. The molecule has 2 aliphatic rings. The highest BCUT2D eigenvalue weighted by atomic mass is 16.3. The number of nitrogens with one attached hydrogen (secondary N) is 1. The van der Waals surface area contributed by atoms with Crippen molar-refractivity contribution in [1.29, 1.82) is 0 Å². The number of aliphatic hydroxyl groups excluding tert-OH is 2. The van der Waals surface area contributed by atoms with Gasteiger partial charge in [0, 0.05) is 37.5 Å². The Kier molecular flexibility index (Phi) is 11.6. The van der Waals surface area contributed by atoms with Crippen LogP contribution in [0.4, 0.5) is 0 Å². The molecule has 2 aliphatic carbocycles. The Morgan fingerprint density at radius 1 is 1.24 bits per heavy atom. The maximum absolute atomic E-state index is 12.5. The molecule has 2 rings (SSSR count). The van der Waals surface area contributed by atoms with Crippen molar-refractivity contribution in [2.24, 2.45) is 23.7 Å². The first-order chi connectivity index (χ1) is 15.6. The summed E-state index contributed by atoms with van der Waals surface area (Å²) in [7, 11) is 0. The van der Waals surface area contributed by atoms with E-state index in [1.54, 1.807) is 0 Å². The summed E-state index contributed by atoms with van der Waals surface area (Å²) in [5, 5.41) is 24.5. The summed E-state index contributed by atoms with van der Waals surface area (Å²) in [6.07, 6.45) is 12.3. The van der Waals surface area contributed by atoms with Gasteiger partial charge in [-0.1, -0.05) is 56.9 Å². The fraction of sp³-hybridized carbons (Fsp3) is 0.821. The Labute approximate surface area is 202 Å². The van der Waals surface area contributed by atoms with E-state index in [1.165, 1.54) is 18.4 Å². The lowest BCUT2D eigenvalue weighted by Gasteiger charge is -2.31. The molecule has 1 fully saturated rings. The molecule has 0 unspecified atom stereocenters. The molecule has 5 heteroatoms. The minimum Gasteiger partial charge on any atom is -0.392 e. The second kappa shape index (κ2) is 13.7. The highest BCUT2D eigenvalue weighted by Crippen LogP contribution is 2.47. The second-order valence-electron chi connectivity index (χ2n) is 11.1. The molecular formula is C28H50N2O3. The van der Waals surface area contributed by atoms with Gasteiger partial charge in [0.25, 0.3) is 0 Å². The van der Waals surface area contributed by atoms with E-state index < -0.39 is 6.10 Å². The summed E-state index contributed by atoms with van der Waals surface area (Å²) in [5.74, 6) is 1.71. The van der Waals surface area contributed by atoms with Gasteiger partial charge < -0.3 is 20.4 Å². The number of rotatable bonds is 14. The maximum Gasteiger partial charge on any atom is 0.224 e. The van der Waals surface area contributed by atoms with Crippen LogP contribution in [0.2, 0.25) is 0 Å². The standard InChI is InChI=1S/C28H50N2O3/c1-7-8-9-21(6)14-24(31)10-11-25-26-16-22(15-23(26)17-27(25)32)18-29-13-12-28(33)30(19(2)3)20(4)5/h10-11,15,19-21,23-27,29,31-32H,7-9,12-14,16-18H2,1-6H3/t21-,23-,24+,25+,26-,27+/m0/s1. The molecule has 0 aromatic rings. The molecule has 0 radical (unpaired) electrons. The molecule has 0 saturated heterocycles. The highest BCUT2D eigenvalue weighted by molar-refractivity contribution is 5.77. The number of amides is 1. The quantitative estimate of drug-likeness (QED) is 0.259. The van der Waals surface area contributed by atoms with Crippen LogP contribution in [0.25, 0.3) is 0 Å². The maximum atomic E-state index is 12.5. The number of carbonyl (C=O) groups excluding carboxylic acids is 1. The Morgan fingerprint density at radius 2 is 1.94 bits per heavy atom. The van der Waals surface area contributed by atoms with Gasteiger partial charge in [0.05, 0.1) is 12.2 Å². The Bertz CT molecular complexity index is 650. The van der Waals surface area contributed by atoms with Gasteiger partial charge in [-0.3, -0.25) is 4.79 Å². The normalized spacial score (nSPS) is 26.8. The van der Waals surface area contributed by atoms with Crippen molar-refractivity contribution in [1.82, 2.24) is 10.2 Å². The predicted octanol–water partition coefficient (Wildman–Crippen LogP) is 4.69. The molecule has 0 aromatic heterocycles. The van der Waals surface area contributed by atoms with Crippen LogP contribution in [0.3, 0.4) is 0 Å². The number of unbranched alkanes of at least 4 members (excludes halogenated alkanes) is 1. The van der Waals surface area contributed by atoms with Crippen LogP contribution in [0.5, 0.6) is 0 Å². The van der Waals surface area contributed by atoms with Crippen molar-refractivity contribution in [3.8, 4) is 0 Å². The van der Waals surface area contributed by atoms with Crippen LogP contribution in [0.15, 0.2) is 23.8 Å². The first-order valence-electron chi connectivity index (χ1n) is 13.4. The summed E-state index contributed by atoms with van der Waals surface area (Å²) >= 11 is 0. The summed E-state index contributed by atoms with van der Waals surface area (Å²) in [5.41, 5.74) is 1.39. The number of hydrogen-bond donors (Lipinski definition) is 3. The van der Waals surface area contributed by atoms with E-state index in [-0.39, 0.29) is 30.0 Å². The molecule has 0 aromatic carbocycles. The Balaban J connectivity index is 1.77. The van der Waals surface area contributed by atoms with E-state index >= 15 is 0 Å². The molecule has 3 N–H and O–H groups in total. The third-order valence-electron chi connectivity index (χ3n) is 7.47. The van der Waals surface area contributed by atoms with E-state index in [9.17, 15) is 15.0 Å². The third kappa shape index (κ3) is 8.52. The number of allylic oxidation sites excluding steroid dienone is 1. The van der Waals surface area contributed by atoms with Crippen LogP contribution >= 0.6 is 0 Å². The molecule has 5 nitrogen and oxygen atoms in total. The number of hydrogen-bond acceptors (Lipinski definition) is 4. The summed E-state index contributed by atoms with van der Waals surface area (Å²) in [6.45, 7) is 14.2. The molecule has 1 saturated carbocycles. The van der Waals surface area contributed by atoms with Crippen molar-refractivity contribution >= 4 is 5.91 Å². The lowest BCUT2D eigenvalue weighted by atomic mass is 9.88. The molecule has 33 heavy (non-hydrogen) atoms. The van der Waals surface area contributed by atoms with Crippen molar-refractivity contribution in [3.63, 3.8) is 0 Å². The van der Waals surface area contributed by atoms with E-state index in [0.717, 1.165) is 32.2 Å². The molecule has 6 atom stereocenters. The van der Waals surface area contributed by atoms with Crippen molar-refractivity contribution in [3.05, 3.63) is 23.8 Å². The van der Waals surface area contributed by atoms with Gasteiger partial charge in [0.1, 0.15) is 0 Å². The van der Waals surface area contributed by atoms with Gasteiger partial charge in [-0.15, -0.1) is 0 Å². The van der Waals surface area contributed by atoms with Crippen LogP contribution in [-0.4, -0.2) is 58.4 Å². The van der Waals surface area contributed by atoms with E-state index in [0.29, 0.717) is 30.7 Å². The summed E-state index contributed by atoms with van der Waals surface area (Å²) in [4.78, 5) is 14.5. The lowest BCUT2D eigenvalue weighted by Crippen LogP contribution is -2.43. The number of fused-ring (bicyclic) bond motifs is 1. The zero-order valence-corrected chi connectivity index (χ0v) is 22.0. The van der Waals surface area contributed by atoms with Crippen molar-refractivity contribution in [2.75, 3.05) is 13.1 Å². The van der Waals surface area contributed by atoms with Gasteiger partial charge in [-0.05, 0) is 64.7 Å². The molecule has 1 amide bonds.